The van der Waals surface area contributed by atoms with Crippen molar-refractivity contribution in [1.29, 1.82) is 0 Å². The van der Waals surface area contributed by atoms with Gasteiger partial charge in [0.15, 0.2) is 0 Å². The van der Waals surface area contributed by atoms with Crippen LogP contribution in [0.1, 0.15) is 13.3 Å². The fourth-order valence-electron chi connectivity index (χ4n) is 1.43. The van der Waals surface area contributed by atoms with Crippen LogP contribution in [0.5, 0.6) is 0 Å². The predicted octanol–water partition coefficient (Wildman–Crippen LogP) is 0.0918. The van der Waals surface area contributed by atoms with Gasteiger partial charge in [-0.05, 0) is 19.0 Å². The van der Waals surface area contributed by atoms with Gasteiger partial charge in [0.1, 0.15) is 0 Å². The zero-order chi connectivity index (χ0) is 9.14. The van der Waals surface area contributed by atoms with E-state index in [1.807, 2.05) is 0 Å². The van der Waals surface area contributed by atoms with Gasteiger partial charge in [0.05, 0.1) is 30.2 Å². The van der Waals surface area contributed by atoms with Crippen molar-refractivity contribution in [3.05, 3.63) is 0 Å². The molecule has 0 aromatic heterocycles. The maximum atomic E-state index is 9.47. The zero-order valence-electron chi connectivity index (χ0n) is 6.88. The summed E-state index contributed by atoms with van der Waals surface area (Å²) in [6.45, 7) is 1.70. The summed E-state index contributed by atoms with van der Waals surface area (Å²) < 4.78 is 14.1. The van der Waals surface area contributed by atoms with E-state index in [0.717, 1.165) is 0 Å². The van der Waals surface area contributed by atoms with E-state index in [1.54, 1.807) is 6.92 Å². The quantitative estimate of drug-likeness (QED) is 0.544. The predicted molar refractivity (Wildman–Crippen MR) is 46.1 cm³/mol. The Morgan fingerprint density at radius 3 is 2.67 bits per heavy atom. The molecule has 1 rings (SSSR count). The maximum absolute atomic E-state index is 9.47. The Kier molecular flexibility index (Phi) is 3.79. The Bertz CT molecular complexity index is 131. The van der Waals surface area contributed by atoms with Crippen LogP contribution >= 0.6 is 12.0 Å². The number of rotatable bonds is 2. The van der Waals surface area contributed by atoms with Crippen LogP contribution < -0.4 is 0 Å². The third-order valence-corrected chi connectivity index (χ3v) is 3.02. The Hall–Kier alpha value is 0.190. The van der Waals surface area contributed by atoms with Crippen LogP contribution in [0.25, 0.3) is 0 Å². The first-order valence-corrected chi connectivity index (χ1v) is 4.77. The van der Waals surface area contributed by atoms with Crippen molar-refractivity contribution in [2.24, 2.45) is 0 Å². The molecular formula is C7H14O4S. The third-order valence-electron chi connectivity index (χ3n) is 2.08. The van der Waals surface area contributed by atoms with E-state index in [1.165, 1.54) is 0 Å². The van der Waals surface area contributed by atoms with Gasteiger partial charge in [-0.3, -0.25) is 0 Å². The summed E-state index contributed by atoms with van der Waals surface area (Å²) in [5, 5.41) is 18.0. The summed E-state index contributed by atoms with van der Waals surface area (Å²) in [5.41, 5.74) is 0. The molecule has 1 aliphatic heterocycles. The molecule has 1 fully saturated rings. The van der Waals surface area contributed by atoms with Crippen LogP contribution in [0.4, 0.5) is 0 Å². The van der Waals surface area contributed by atoms with Crippen molar-refractivity contribution in [2.45, 2.75) is 36.9 Å². The largest absolute Gasteiger partial charge is 0.394 e. The molecule has 0 aliphatic carbocycles. The SMILES string of the molecule is CC1OC(CO)CC(O)C1SO. The third kappa shape index (κ3) is 2.11. The molecule has 0 aromatic rings. The van der Waals surface area contributed by atoms with E-state index in [9.17, 15) is 5.11 Å². The monoisotopic (exact) mass is 194 g/mol. The smallest absolute Gasteiger partial charge is 0.0835 e. The van der Waals surface area contributed by atoms with Crippen molar-refractivity contribution in [1.82, 2.24) is 0 Å². The van der Waals surface area contributed by atoms with Crippen molar-refractivity contribution < 1.29 is 19.5 Å². The van der Waals surface area contributed by atoms with E-state index < -0.39 is 6.10 Å². The lowest BCUT2D eigenvalue weighted by atomic mass is 10.0. The molecule has 0 spiro atoms. The molecule has 0 aromatic carbocycles. The molecular weight excluding hydrogens is 180 g/mol. The highest BCUT2D eigenvalue weighted by atomic mass is 32.2. The lowest BCUT2D eigenvalue weighted by Crippen LogP contribution is -2.46. The van der Waals surface area contributed by atoms with Crippen LogP contribution in [-0.4, -0.2) is 44.9 Å². The molecule has 1 aliphatic rings. The topological polar surface area (TPSA) is 69.9 Å². The number of aliphatic hydroxyl groups is 2. The molecule has 12 heavy (non-hydrogen) atoms. The second-order valence-electron chi connectivity index (χ2n) is 3.02. The number of ether oxygens (including phenoxy) is 1. The zero-order valence-corrected chi connectivity index (χ0v) is 7.70. The van der Waals surface area contributed by atoms with Crippen LogP contribution in [0, 0.1) is 0 Å². The standard InChI is InChI=1S/C7H14O4S/c1-4-7(12-10)6(9)2-5(3-8)11-4/h4-10H,2-3H2,1H3. The summed E-state index contributed by atoms with van der Waals surface area (Å²) in [7, 11) is 0. The van der Waals surface area contributed by atoms with E-state index >= 15 is 0 Å². The van der Waals surface area contributed by atoms with E-state index in [-0.39, 0.29) is 24.1 Å². The van der Waals surface area contributed by atoms with Gasteiger partial charge >= 0.3 is 0 Å². The second-order valence-corrected chi connectivity index (χ2v) is 3.77. The minimum atomic E-state index is -0.596. The lowest BCUT2D eigenvalue weighted by Gasteiger charge is -2.35. The van der Waals surface area contributed by atoms with Crippen LogP contribution in [-0.2, 0) is 4.74 Å². The highest BCUT2D eigenvalue weighted by Gasteiger charge is 2.35. The highest BCUT2D eigenvalue weighted by molar-refractivity contribution is 7.94. The molecule has 5 heteroatoms. The Labute approximate surface area is 75.8 Å². The first kappa shape index (κ1) is 10.3. The molecule has 1 saturated heterocycles. The normalized spacial score (nSPS) is 43.0. The van der Waals surface area contributed by atoms with E-state index in [4.69, 9.17) is 14.4 Å². The van der Waals surface area contributed by atoms with Crippen molar-refractivity contribution in [3.8, 4) is 0 Å². The Balaban J connectivity index is 2.51. The van der Waals surface area contributed by atoms with Gasteiger partial charge in [-0.1, -0.05) is 0 Å². The van der Waals surface area contributed by atoms with Gasteiger partial charge in [-0.25, -0.2) is 0 Å². The second kappa shape index (κ2) is 4.43. The average Bonchev–Trinajstić information content (AvgIpc) is 2.03. The Morgan fingerprint density at radius 1 is 1.58 bits per heavy atom. The minimum absolute atomic E-state index is 0.0792. The van der Waals surface area contributed by atoms with Crippen molar-refractivity contribution >= 4 is 12.0 Å². The van der Waals surface area contributed by atoms with Gasteiger partial charge in [-0.2, -0.15) is 0 Å². The van der Waals surface area contributed by atoms with Crippen molar-refractivity contribution in [2.75, 3.05) is 6.61 Å². The average molecular weight is 194 g/mol. The van der Waals surface area contributed by atoms with Gasteiger partial charge in [0, 0.05) is 6.42 Å². The fourth-order valence-corrected chi connectivity index (χ4v) is 1.91. The van der Waals surface area contributed by atoms with Crippen molar-refractivity contribution in [3.63, 3.8) is 0 Å². The summed E-state index contributed by atoms with van der Waals surface area (Å²) in [4.78, 5) is 0. The molecule has 4 atom stereocenters. The molecule has 0 amide bonds. The van der Waals surface area contributed by atoms with Gasteiger partial charge < -0.3 is 19.5 Å². The minimum Gasteiger partial charge on any atom is -0.394 e. The summed E-state index contributed by atoms with van der Waals surface area (Å²) in [6, 6.07) is 0. The van der Waals surface area contributed by atoms with E-state index in [0.29, 0.717) is 18.5 Å². The molecule has 0 saturated carbocycles. The lowest BCUT2D eigenvalue weighted by molar-refractivity contribution is -0.0999. The van der Waals surface area contributed by atoms with Gasteiger partial charge in [-0.15, -0.1) is 0 Å². The summed E-state index contributed by atoms with van der Waals surface area (Å²) in [6.07, 6.45) is -0.723. The highest BCUT2D eigenvalue weighted by Crippen LogP contribution is 2.27. The number of hydrogen-bond acceptors (Lipinski definition) is 5. The maximum Gasteiger partial charge on any atom is 0.0835 e. The molecule has 4 nitrogen and oxygen atoms in total. The molecule has 72 valence electrons. The fraction of sp³-hybridized carbons (Fsp3) is 1.00. The summed E-state index contributed by atoms with van der Waals surface area (Å²) >= 11 is 0.618. The molecule has 3 N–H and O–H groups in total. The molecule has 1 heterocycles. The molecule has 0 radical (unpaired) electrons. The molecule has 4 unspecified atom stereocenters. The number of aliphatic hydroxyl groups excluding tert-OH is 2. The van der Waals surface area contributed by atoms with Gasteiger partial charge in [0.2, 0.25) is 0 Å². The summed E-state index contributed by atoms with van der Waals surface area (Å²) in [5.74, 6) is 0. The Morgan fingerprint density at radius 2 is 2.25 bits per heavy atom. The van der Waals surface area contributed by atoms with Crippen LogP contribution in [0.2, 0.25) is 0 Å². The van der Waals surface area contributed by atoms with Crippen LogP contribution in [0.3, 0.4) is 0 Å². The van der Waals surface area contributed by atoms with E-state index in [2.05, 4.69) is 0 Å². The van der Waals surface area contributed by atoms with Gasteiger partial charge in [0.25, 0.3) is 0 Å². The number of hydrogen-bond donors (Lipinski definition) is 3. The van der Waals surface area contributed by atoms with Crippen LogP contribution in [0.15, 0.2) is 0 Å². The first-order chi connectivity index (χ1) is 5.69. The molecule has 0 bridgehead atoms. The first-order valence-electron chi connectivity index (χ1n) is 3.93.